The summed E-state index contributed by atoms with van der Waals surface area (Å²) in [5.74, 6) is 5.97. The van der Waals surface area contributed by atoms with Crippen molar-refractivity contribution in [3.63, 3.8) is 0 Å². The minimum Gasteiger partial charge on any atom is -0.489 e. The van der Waals surface area contributed by atoms with Gasteiger partial charge in [-0.15, -0.1) is 12.6 Å². The third kappa shape index (κ3) is 49.4. The number of rotatable bonds is 84. The zero-order valence-electron chi connectivity index (χ0n) is 91.8. The lowest BCUT2D eigenvalue weighted by molar-refractivity contribution is 0.225. The Morgan fingerprint density at radius 3 is 0.497 bits per heavy atom. The molecule has 0 fully saturated rings. The van der Waals surface area contributed by atoms with Crippen LogP contribution in [0.5, 0.6) is 57.5 Å². The predicted octanol–water partition coefficient (Wildman–Crippen LogP) is 39.9. The third-order valence-corrected chi connectivity index (χ3v) is 29.1. The SMILES string of the molecule is CCCCCCCCCCc1ccc(COc2cc(COc3cc(COc4ccc(S)cc4)cc(OCc4cc(OCc5ccc(CCCCCCCCCC)cc5)cc(OCc5ccc(CCCCCCCCCC)cc5)c4)c3OCc3cc(OCc4ccc(CCCCCCCCCC)cc4)cc(OCc4ccc(CCCCCCCCCC)cc4)c3)cc(OCc3ccc(CCCCCCCCCC)cc3)c2)cc1. The fraction of sp³-hybridized carbons (Fsp3) is 0.515. The molecule has 11 rings (SSSR count). The average Bonchev–Trinajstić information content (AvgIpc) is 0.804. The van der Waals surface area contributed by atoms with Gasteiger partial charge in [0.2, 0.25) is 5.75 Å². The van der Waals surface area contributed by atoms with Crippen molar-refractivity contribution in [2.24, 2.45) is 0 Å². The summed E-state index contributed by atoms with van der Waals surface area (Å²) in [7, 11) is 0. The highest BCUT2D eigenvalue weighted by atomic mass is 32.1. The average molecular weight is 2010 g/mol. The van der Waals surface area contributed by atoms with Crippen LogP contribution in [0.25, 0.3) is 0 Å². The maximum absolute atomic E-state index is 7.43. The molecule has 11 heteroatoms. The number of benzene rings is 11. The molecule has 796 valence electrons. The van der Waals surface area contributed by atoms with E-state index < -0.39 is 0 Å². The molecule has 0 amide bonds. The first-order valence-corrected chi connectivity index (χ1v) is 59.1. The zero-order chi connectivity index (χ0) is 102. The molecule has 0 aliphatic heterocycles. The summed E-state index contributed by atoms with van der Waals surface area (Å²) >= 11 is 4.66. The van der Waals surface area contributed by atoms with Crippen LogP contribution in [-0.4, -0.2) is 0 Å². The Kier molecular flexibility index (Phi) is 58.1. The van der Waals surface area contributed by atoms with Crippen LogP contribution in [0.3, 0.4) is 0 Å². The van der Waals surface area contributed by atoms with E-state index in [4.69, 9.17) is 47.4 Å². The highest BCUT2D eigenvalue weighted by Crippen LogP contribution is 2.43. The standard InChI is InChI=1S/C136H186O10S/c1-7-13-19-25-31-37-43-49-55-110-61-73-116(74-62-110)100-138-127-89-122(90-128(97-127)139-101-117-75-63-111(64-76-117)56-50-44-38-32-26-20-14-8-2)107-144-134-95-125(106-137-126-85-87-133(147)88-86-126)96-135(145-108-123-91-129(140-102-118-77-65-112(66-78-118)57-51-45-39-33-27-21-15-9-3)98-130(92-123)141-103-119-79-67-113(68-80-119)58-52-46-40-34-28-22-16-10-4)136(134)146-109-124-93-131(142-104-120-81-69-114(70-82-120)59-53-47-41-35-29-23-17-11-5)99-132(94-124)143-105-121-83-71-115(72-84-121)60-54-48-42-36-30-24-18-12-6/h61-99,147H,7-60,100-109H2,1-6H3. The van der Waals surface area contributed by atoms with Gasteiger partial charge in [0.15, 0.2) is 11.5 Å². The van der Waals surface area contributed by atoms with Gasteiger partial charge in [-0.3, -0.25) is 0 Å². The quantitative estimate of drug-likeness (QED) is 0.0293. The van der Waals surface area contributed by atoms with Crippen LogP contribution in [0.4, 0.5) is 0 Å². The molecule has 0 saturated heterocycles. The molecule has 147 heavy (non-hydrogen) atoms. The van der Waals surface area contributed by atoms with Crippen molar-refractivity contribution in [1.82, 2.24) is 0 Å². The second-order valence-corrected chi connectivity index (χ2v) is 42.5. The second kappa shape index (κ2) is 73.0. The first-order chi connectivity index (χ1) is 72.5. The smallest absolute Gasteiger partial charge is 0.203 e. The molecule has 0 spiro atoms. The minimum atomic E-state index is 0.0798. The van der Waals surface area contributed by atoms with Gasteiger partial charge in [-0.25, -0.2) is 0 Å². The number of unbranched alkanes of at least 4 members (excludes halogenated alkanes) is 42. The third-order valence-electron chi connectivity index (χ3n) is 28.8. The molecule has 0 aromatic heterocycles. The Morgan fingerprint density at radius 1 is 0.136 bits per heavy atom. The van der Waals surface area contributed by atoms with E-state index >= 15 is 0 Å². The van der Waals surface area contributed by atoms with E-state index in [0.29, 0.717) is 97.1 Å². The van der Waals surface area contributed by atoms with E-state index in [-0.39, 0.29) is 26.4 Å². The van der Waals surface area contributed by atoms with Gasteiger partial charge in [0.05, 0.1) is 0 Å². The van der Waals surface area contributed by atoms with E-state index in [2.05, 4.69) is 236 Å². The van der Waals surface area contributed by atoms with Gasteiger partial charge in [0, 0.05) is 23.1 Å². The molecular weight excluding hydrogens is 1830 g/mol. The number of hydrogen-bond donors (Lipinski definition) is 1. The fourth-order valence-corrected chi connectivity index (χ4v) is 19.6. The topological polar surface area (TPSA) is 92.3 Å². The Bertz CT molecular complexity index is 4780. The molecule has 11 aromatic carbocycles. The molecule has 0 radical (unpaired) electrons. The lowest BCUT2D eigenvalue weighted by Gasteiger charge is -2.20. The minimum absolute atomic E-state index is 0.0798. The van der Waals surface area contributed by atoms with E-state index in [1.165, 1.54) is 342 Å². The molecular formula is C136H186O10S. The molecule has 0 saturated carbocycles. The Hall–Kier alpha value is -10.2. The Labute approximate surface area is 896 Å². The highest BCUT2D eigenvalue weighted by Gasteiger charge is 2.22. The summed E-state index contributed by atoms with van der Waals surface area (Å²) in [4.78, 5) is 0.841. The van der Waals surface area contributed by atoms with Crippen molar-refractivity contribution in [2.45, 2.75) is 459 Å². The van der Waals surface area contributed by atoms with Gasteiger partial charge >= 0.3 is 0 Å². The molecule has 10 nitrogen and oxygen atoms in total. The lowest BCUT2D eigenvalue weighted by Crippen LogP contribution is -2.07. The molecule has 0 heterocycles. The van der Waals surface area contributed by atoms with Gasteiger partial charge in [0.1, 0.15) is 106 Å². The molecule has 0 bridgehead atoms. The number of thiol groups is 1. The van der Waals surface area contributed by atoms with Crippen LogP contribution >= 0.6 is 12.6 Å². The van der Waals surface area contributed by atoms with E-state index in [1.54, 1.807) is 0 Å². The molecule has 0 aliphatic carbocycles. The van der Waals surface area contributed by atoms with Crippen molar-refractivity contribution >= 4 is 12.6 Å². The van der Waals surface area contributed by atoms with Crippen molar-refractivity contribution in [1.29, 1.82) is 0 Å². The van der Waals surface area contributed by atoms with Crippen LogP contribution in [0, 0.1) is 0 Å². The highest BCUT2D eigenvalue weighted by molar-refractivity contribution is 7.80. The first kappa shape index (κ1) is 117. The molecule has 0 unspecified atom stereocenters. The summed E-state index contributed by atoms with van der Waals surface area (Å²) in [5, 5.41) is 0. The molecule has 0 atom stereocenters. The molecule has 0 aliphatic rings. The maximum Gasteiger partial charge on any atom is 0.203 e. The van der Waals surface area contributed by atoms with Crippen molar-refractivity contribution in [3.05, 3.63) is 326 Å². The maximum atomic E-state index is 7.43. The summed E-state index contributed by atoms with van der Waals surface area (Å²) in [6.45, 7) is 16.4. The normalized spacial score (nSPS) is 11.3. The van der Waals surface area contributed by atoms with Crippen LogP contribution in [-0.2, 0) is 105 Å². The van der Waals surface area contributed by atoms with Crippen molar-refractivity contribution < 1.29 is 47.4 Å². The van der Waals surface area contributed by atoms with Crippen molar-refractivity contribution in [2.75, 3.05) is 0 Å². The van der Waals surface area contributed by atoms with E-state index in [0.717, 1.165) is 99.1 Å². The zero-order valence-corrected chi connectivity index (χ0v) is 92.7. The van der Waals surface area contributed by atoms with Crippen LogP contribution < -0.4 is 47.4 Å². The Morgan fingerprint density at radius 2 is 0.293 bits per heavy atom. The lowest BCUT2D eigenvalue weighted by atomic mass is 10.0. The van der Waals surface area contributed by atoms with Gasteiger partial charge < -0.3 is 47.4 Å². The Balaban J connectivity index is 0.925. The fourth-order valence-electron chi connectivity index (χ4n) is 19.5. The molecule has 0 N–H and O–H groups in total. The summed E-state index contributed by atoms with van der Waals surface area (Å²) < 4.78 is 70.1. The molecule has 11 aromatic rings. The van der Waals surface area contributed by atoms with Crippen molar-refractivity contribution in [3.8, 4) is 57.5 Å². The van der Waals surface area contributed by atoms with Gasteiger partial charge in [0.25, 0.3) is 0 Å². The second-order valence-electron chi connectivity index (χ2n) is 42.0. The largest absolute Gasteiger partial charge is 0.489 e. The van der Waals surface area contributed by atoms with Crippen LogP contribution in [0.2, 0.25) is 0 Å². The summed E-state index contributed by atoms with van der Waals surface area (Å²) in [6, 6.07) is 84.2. The number of aryl methyl sites for hydroxylation is 6. The number of ether oxygens (including phenoxy) is 10. The van der Waals surface area contributed by atoms with Crippen LogP contribution in [0.15, 0.2) is 241 Å². The van der Waals surface area contributed by atoms with Gasteiger partial charge in [-0.2, -0.15) is 0 Å². The predicted molar refractivity (Wildman–Crippen MR) is 619 cm³/mol. The van der Waals surface area contributed by atoms with Gasteiger partial charge in [-0.1, -0.05) is 457 Å². The van der Waals surface area contributed by atoms with Gasteiger partial charge in [-0.05, 0) is 239 Å². The monoisotopic (exact) mass is 2010 g/mol. The summed E-state index contributed by atoms with van der Waals surface area (Å²) in [5.41, 5.74) is 18.0. The summed E-state index contributed by atoms with van der Waals surface area (Å²) in [6.07, 6.45) is 69.0. The van der Waals surface area contributed by atoms with Crippen LogP contribution in [0.1, 0.15) is 439 Å². The van der Waals surface area contributed by atoms with E-state index in [1.807, 2.05) is 54.6 Å². The first-order valence-electron chi connectivity index (χ1n) is 58.7. The van der Waals surface area contributed by atoms with E-state index in [9.17, 15) is 0 Å². The number of hydrogen-bond acceptors (Lipinski definition) is 11.